The minimum atomic E-state index is -0.848. The van der Waals surface area contributed by atoms with Crippen molar-refractivity contribution in [3.8, 4) is 5.75 Å². The number of nitro benzene ring substituents is 1. The Bertz CT molecular complexity index is 775. The Balaban J connectivity index is 2.27. The molecular formula is C15H12ClFN2O4. The van der Waals surface area contributed by atoms with Crippen molar-refractivity contribution in [1.82, 2.24) is 0 Å². The third kappa shape index (κ3) is 3.75. The van der Waals surface area contributed by atoms with Gasteiger partial charge in [-0.3, -0.25) is 14.9 Å². The van der Waals surface area contributed by atoms with Gasteiger partial charge in [0, 0.05) is 11.6 Å². The third-order valence-electron chi connectivity index (χ3n) is 3.18. The quantitative estimate of drug-likeness (QED) is 0.506. The first-order chi connectivity index (χ1) is 10.8. The molecule has 0 saturated carbocycles. The van der Waals surface area contributed by atoms with Crippen LogP contribution in [0.25, 0.3) is 0 Å². The normalized spacial score (nSPS) is 10.4. The van der Waals surface area contributed by atoms with Crippen molar-refractivity contribution in [2.24, 2.45) is 0 Å². The topological polar surface area (TPSA) is 92.5 Å². The predicted octanol–water partition coefficient (Wildman–Crippen LogP) is 3.58. The van der Waals surface area contributed by atoms with E-state index < -0.39 is 33.8 Å². The van der Waals surface area contributed by atoms with Gasteiger partial charge in [-0.25, -0.2) is 4.39 Å². The number of rotatable bonds is 4. The number of hydrogen-bond acceptors (Lipinski definition) is 4. The Labute approximate surface area is 135 Å². The summed E-state index contributed by atoms with van der Waals surface area (Å²) < 4.78 is 13.5. The number of aromatic hydroxyl groups is 1. The molecule has 2 aromatic rings. The number of amides is 1. The van der Waals surface area contributed by atoms with Crippen LogP contribution in [-0.2, 0) is 11.2 Å². The summed E-state index contributed by atoms with van der Waals surface area (Å²) in [6.07, 6.45) is -0.432. The molecule has 0 atom stereocenters. The number of aryl methyl sites for hydroxylation is 1. The Morgan fingerprint density at radius 1 is 1.43 bits per heavy atom. The summed E-state index contributed by atoms with van der Waals surface area (Å²) in [4.78, 5) is 22.3. The number of carbonyl (C=O) groups is 1. The fourth-order valence-electron chi connectivity index (χ4n) is 2.06. The van der Waals surface area contributed by atoms with Crippen molar-refractivity contribution in [3.05, 3.63) is 62.4 Å². The van der Waals surface area contributed by atoms with E-state index in [2.05, 4.69) is 5.32 Å². The average molecular weight is 339 g/mol. The molecule has 0 bridgehead atoms. The molecular weight excluding hydrogens is 327 g/mol. The zero-order valence-electron chi connectivity index (χ0n) is 12.0. The molecule has 6 nitrogen and oxygen atoms in total. The van der Waals surface area contributed by atoms with Gasteiger partial charge in [0.05, 0.1) is 22.1 Å². The van der Waals surface area contributed by atoms with Crippen LogP contribution in [-0.4, -0.2) is 15.9 Å². The zero-order valence-corrected chi connectivity index (χ0v) is 12.7. The summed E-state index contributed by atoms with van der Waals surface area (Å²) in [6.45, 7) is 1.68. The van der Waals surface area contributed by atoms with E-state index in [0.29, 0.717) is 5.56 Å². The highest BCUT2D eigenvalue weighted by Gasteiger charge is 2.20. The van der Waals surface area contributed by atoms with Gasteiger partial charge in [-0.05, 0) is 24.6 Å². The van der Waals surface area contributed by atoms with E-state index in [1.165, 1.54) is 6.07 Å². The summed E-state index contributed by atoms with van der Waals surface area (Å²) in [5.74, 6) is -1.60. The van der Waals surface area contributed by atoms with Crippen LogP contribution in [0.15, 0.2) is 30.3 Å². The van der Waals surface area contributed by atoms with Crippen LogP contribution < -0.4 is 5.32 Å². The van der Waals surface area contributed by atoms with Crippen LogP contribution >= 0.6 is 11.6 Å². The smallest absolute Gasteiger partial charge is 0.274 e. The number of anilines is 1. The molecule has 23 heavy (non-hydrogen) atoms. The van der Waals surface area contributed by atoms with E-state index >= 15 is 0 Å². The van der Waals surface area contributed by atoms with Crippen LogP contribution in [0.3, 0.4) is 0 Å². The van der Waals surface area contributed by atoms with Crippen LogP contribution in [0.4, 0.5) is 15.8 Å². The van der Waals surface area contributed by atoms with Gasteiger partial charge in [-0.2, -0.15) is 0 Å². The molecule has 0 aliphatic heterocycles. The van der Waals surface area contributed by atoms with Gasteiger partial charge in [-0.15, -0.1) is 0 Å². The Hall–Kier alpha value is -2.67. The molecule has 0 radical (unpaired) electrons. The highest BCUT2D eigenvalue weighted by atomic mass is 35.5. The zero-order chi connectivity index (χ0) is 17.1. The van der Waals surface area contributed by atoms with Gasteiger partial charge in [-0.1, -0.05) is 23.7 Å². The largest absolute Gasteiger partial charge is 0.506 e. The number of benzene rings is 2. The molecule has 0 saturated heterocycles. The number of phenolic OH excluding ortho intramolecular Hbond substituents is 1. The summed E-state index contributed by atoms with van der Waals surface area (Å²) >= 11 is 5.52. The summed E-state index contributed by atoms with van der Waals surface area (Å²) in [5.41, 5.74) is 0.271. The molecule has 0 aromatic heterocycles. The second kappa shape index (κ2) is 6.62. The van der Waals surface area contributed by atoms with E-state index in [4.69, 9.17) is 11.6 Å². The molecule has 0 heterocycles. The number of nitrogens with one attached hydrogen (secondary N) is 1. The monoisotopic (exact) mass is 338 g/mol. The average Bonchev–Trinajstić information content (AvgIpc) is 2.46. The predicted molar refractivity (Wildman–Crippen MR) is 83.2 cm³/mol. The molecule has 120 valence electrons. The maximum atomic E-state index is 13.5. The van der Waals surface area contributed by atoms with Gasteiger partial charge in [0.15, 0.2) is 0 Å². The van der Waals surface area contributed by atoms with Gasteiger partial charge in [0.2, 0.25) is 5.91 Å². The highest BCUT2D eigenvalue weighted by molar-refractivity contribution is 6.31. The maximum absolute atomic E-state index is 13.5. The minimum Gasteiger partial charge on any atom is -0.506 e. The highest BCUT2D eigenvalue weighted by Crippen LogP contribution is 2.29. The number of halogens is 2. The molecule has 0 fully saturated rings. The SMILES string of the molecule is Cc1cccc(O)c1NC(=O)Cc1cc(F)c(Cl)cc1[N+](=O)[O-]. The van der Waals surface area contributed by atoms with Gasteiger partial charge in [0.25, 0.3) is 5.69 Å². The first-order valence-electron chi connectivity index (χ1n) is 6.50. The fourth-order valence-corrected chi connectivity index (χ4v) is 2.22. The van der Waals surface area contributed by atoms with E-state index in [-0.39, 0.29) is 17.0 Å². The van der Waals surface area contributed by atoms with Gasteiger partial charge >= 0.3 is 0 Å². The van der Waals surface area contributed by atoms with E-state index in [1.54, 1.807) is 19.1 Å². The van der Waals surface area contributed by atoms with Crippen molar-refractivity contribution < 1.29 is 19.2 Å². The summed E-state index contributed by atoms with van der Waals surface area (Å²) in [6, 6.07) is 6.41. The van der Waals surface area contributed by atoms with Crippen LogP contribution in [0.2, 0.25) is 5.02 Å². The second-order valence-corrected chi connectivity index (χ2v) is 5.25. The van der Waals surface area contributed by atoms with Crippen molar-refractivity contribution in [3.63, 3.8) is 0 Å². The number of para-hydroxylation sites is 1. The van der Waals surface area contributed by atoms with Crippen LogP contribution in [0.5, 0.6) is 5.75 Å². The van der Waals surface area contributed by atoms with Crippen molar-refractivity contribution in [2.45, 2.75) is 13.3 Å². The minimum absolute atomic E-state index is 0.109. The Kier molecular flexibility index (Phi) is 4.80. The number of nitro groups is 1. The van der Waals surface area contributed by atoms with Crippen molar-refractivity contribution >= 4 is 28.9 Å². The maximum Gasteiger partial charge on any atom is 0.274 e. The number of carbonyl (C=O) groups excluding carboxylic acids is 1. The summed E-state index contributed by atoms with van der Waals surface area (Å²) in [7, 11) is 0. The molecule has 2 rings (SSSR count). The lowest BCUT2D eigenvalue weighted by atomic mass is 10.1. The molecule has 1 amide bonds. The van der Waals surface area contributed by atoms with Crippen LogP contribution in [0, 0.1) is 22.9 Å². The van der Waals surface area contributed by atoms with Crippen LogP contribution in [0.1, 0.15) is 11.1 Å². The fraction of sp³-hybridized carbons (Fsp3) is 0.133. The lowest BCUT2D eigenvalue weighted by Gasteiger charge is -2.10. The molecule has 2 N–H and O–H groups in total. The van der Waals surface area contributed by atoms with E-state index in [0.717, 1.165) is 12.1 Å². The number of hydrogen-bond donors (Lipinski definition) is 2. The van der Waals surface area contributed by atoms with Gasteiger partial charge < -0.3 is 10.4 Å². The van der Waals surface area contributed by atoms with Gasteiger partial charge in [0.1, 0.15) is 11.6 Å². The molecule has 2 aromatic carbocycles. The summed E-state index contributed by atoms with van der Waals surface area (Å²) in [5, 5.41) is 22.8. The number of nitrogens with zero attached hydrogens (tertiary/aromatic N) is 1. The molecule has 8 heteroatoms. The van der Waals surface area contributed by atoms with Crippen molar-refractivity contribution in [2.75, 3.05) is 5.32 Å². The Morgan fingerprint density at radius 3 is 2.74 bits per heavy atom. The first kappa shape index (κ1) is 16.7. The molecule has 0 aliphatic carbocycles. The van der Waals surface area contributed by atoms with E-state index in [1.807, 2.05) is 0 Å². The molecule has 0 spiro atoms. The standard InChI is InChI=1S/C15H12ClFN2O4/c1-8-3-2-4-13(20)15(8)18-14(21)6-9-5-11(17)10(16)7-12(9)19(22)23/h2-5,7,20H,6H2,1H3,(H,18,21). The third-order valence-corrected chi connectivity index (χ3v) is 3.47. The first-order valence-corrected chi connectivity index (χ1v) is 6.88. The number of phenols is 1. The lowest BCUT2D eigenvalue weighted by Crippen LogP contribution is -2.16. The molecule has 0 aliphatic rings. The lowest BCUT2D eigenvalue weighted by molar-refractivity contribution is -0.385. The Morgan fingerprint density at radius 2 is 2.13 bits per heavy atom. The van der Waals surface area contributed by atoms with Crippen molar-refractivity contribution in [1.29, 1.82) is 0 Å². The second-order valence-electron chi connectivity index (χ2n) is 4.85. The molecule has 0 unspecified atom stereocenters. The van der Waals surface area contributed by atoms with E-state index in [9.17, 15) is 24.4 Å².